The van der Waals surface area contributed by atoms with Crippen molar-refractivity contribution in [3.63, 3.8) is 0 Å². The lowest BCUT2D eigenvalue weighted by Crippen LogP contribution is -2.55. The molecule has 0 saturated carbocycles. The number of aliphatic hydroxyl groups excluding tert-OH is 1. The van der Waals surface area contributed by atoms with Crippen LogP contribution in [-0.4, -0.2) is 66.6 Å². The van der Waals surface area contributed by atoms with Crippen LogP contribution in [0.5, 0.6) is 0 Å². The number of Topliss-reactive ketones (excluding diaryl/α,β-unsaturated/α-hetero) is 1. The fourth-order valence-electron chi connectivity index (χ4n) is 3.68. The van der Waals surface area contributed by atoms with Crippen molar-refractivity contribution in [2.45, 2.75) is 71.1 Å². The zero-order valence-corrected chi connectivity index (χ0v) is 17.5. The van der Waals surface area contributed by atoms with Crippen LogP contribution in [-0.2, 0) is 23.9 Å². The average Bonchev–Trinajstić information content (AvgIpc) is 3.31. The quantitative estimate of drug-likeness (QED) is 0.410. The Morgan fingerprint density at radius 3 is 2.45 bits per heavy atom. The van der Waals surface area contributed by atoms with Gasteiger partial charge in [0.25, 0.3) is 0 Å². The minimum absolute atomic E-state index is 0.124. The Morgan fingerprint density at radius 2 is 1.93 bits per heavy atom. The molecule has 0 unspecified atom stereocenters. The highest BCUT2D eigenvalue weighted by Crippen LogP contribution is 2.22. The van der Waals surface area contributed by atoms with Crippen molar-refractivity contribution < 1.29 is 29.0 Å². The molecule has 2 heterocycles. The normalized spacial score (nSPS) is 23.9. The number of rotatable bonds is 9. The van der Waals surface area contributed by atoms with Crippen LogP contribution in [0.3, 0.4) is 0 Å². The lowest BCUT2D eigenvalue weighted by atomic mass is 9.87. The summed E-state index contributed by atoms with van der Waals surface area (Å²) in [4.78, 5) is 49.5. The summed E-state index contributed by atoms with van der Waals surface area (Å²) in [6.45, 7) is 6.16. The van der Waals surface area contributed by atoms with Crippen molar-refractivity contribution in [3.8, 4) is 0 Å². The van der Waals surface area contributed by atoms with Crippen molar-refractivity contribution >= 4 is 23.5 Å². The molecule has 0 spiro atoms. The van der Waals surface area contributed by atoms with Gasteiger partial charge in [-0.2, -0.15) is 0 Å². The van der Waals surface area contributed by atoms with Crippen LogP contribution in [0.1, 0.15) is 52.9 Å². The fourth-order valence-corrected chi connectivity index (χ4v) is 3.68. The number of nitrogens with one attached hydrogen (secondary N) is 3. The Balaban J connectivity index is 2.08. The standard InChI is InChI=1S/C20H33N3O6/c1-20(2,3)10-14(23-19(28)16-5-4-8-29-16)18(27)22-13(15(25)11-24)9-12-6-7-21-17(12)26/h12-14,16,24H,4-11H2,1-3H3,(H,21,26)(H,22,27)(H,23,28)/t12-,13-,14-,16+/m0/s1. The molecule has 164 valence electrons. The third kappa shape index (κ3) is 7.08. The molecular formula is C20H33N3O6. The van der Waals surface area contributed by atoms with Gasteiger partial charge < -0.3 is 25.8 Å². The van der Waals surface area contributed by atoms with E-state index in [1.54, 1.807) is 0 Å². The Hall–Kier alpha value is -2.00. The van der Waals surface area contributed by atoms with Gasteiger partial charge in [0.2, 0.25) is 17.7 Å². The second-order valence-corrected chi connectivity index (χ2v) is 9.03. The maximum Gasteiger partial charge on any atom is 0.249 e. The molecule has 29 heavy (non-hydrogen) atoms. The summed E-state index contributed by atoms with van der Waals surface area (Å²) in [7, 11) is 0. The minimum atomic E-state index is -0.983. The minimum Gasteiger partial charge on any atom is -0.389 e. The number of hydrogen-bond donors (Lipinski definition) is 4. The molecule has 9 heteroatoms. The second-order valence-electron chi connectivity index (χ2n) is 9.03. The van der Waals surface area contributed by atoms with E-state index in [4.69, 9.17) is 4.74 Å². The van der Waals surface area contributed by atoms with Crippen LogP contribution >= 0.6 is 0 Å². The molecule has 2 rings (SSSR count). The molecule has 3 amide bonds. The molecule has 0 aliphatic carbocycles. The monoisotopic (exact) mass is 411 g/mol. The number of aliphatic hydroxyl groups is 1. The first-order valence-corrected chi connectivity index (χ1v) is 10.2. The van der Waals surface area contributed by atoms with Gasteiger partial charge in [-0.05, 0) is 37.5 Å². The second kappa shape index (κ2) is 10.2. The number of carbonyl (C=O) groups is 4. The van der Waals surface area contributed by atoms with Crippen molar-refractivity contribution in [2.24, 2.45) is 11.3 Å². The Labute approximate surface area is 171 Å². The summed E-state index contributed by atoms with van der Waals surface area (Å²) < 4.78 is 5.39. The molecule has 0 aromatic heterocycles. The summed E-state index contributed by atoms with van der Waals surface area (Å²) >= 11 is 0. The molecule has 9 nitrogen and oxygen atoms in total. The molecule has 0 bridgehead atoms. The first-order chi connectivity index (χ1) is 13.6. The average molecular weight is 411 g/mol. The van der Waals surface area contributed by atoms with E-state index < -0.39 is 42.4 Å². The molecule has 2 fully saturated rings. The molecule has 4 N–H and O–H groups in total. The van der Waals surface area contributed by atoms with Crippen molar-refractivity contribution in [2.75, 3.05) is 19.8 Å². The fraction of sp³-hybridized carbons (Fsp3) is 0.800. The number of amides is 3. The van der Waals surface area contributed by atoms with Crippen molar-refractivity contribution in [3.05, 3.63) is 0 Å². The predicted molar refractivity (Wildman–Crippen MR) is 105 cm³/mol. The summed E-state index contributed by atoms with van der Waals surface area (Å²) in [6, 6.07) is -1.83. The summed E-state index contributed by atoms with van der Waals surface area (Å²) in [5, 5.41) is 17.4. The summed E-state index contributed by atoms with van der Waals surface area (Å²) in [5.74, 6) is -1.95. The highest BCUT2D eigenvalue weighted by atomic mass is 16.5. The van der Waals surface area contributed by atoms with Crippen LogP contribution in [0.4, 0.5) is 0 Å². The van der Waals surface area contributed by atoms with E-state index >= 15 is 0 Å². The van der Waals surface area contributed by atoms with Crippen LogP contribution < -0.4 is 16.0 Å². The number of carbonyl (C=O) groups excluding carboxylic acids is 4. The maximum atomic E-state index is 13.0. The topological polar surface area (TPSA) is 134 Å². The third-order valence-electron chi connectivity index (χ3n) is 5.22. The van der Waals surface area contributed by atoms with Gasteiger partial charge >= 0.3 is 0 Å². The lowest BCUT2D eigenvalue weighted by molar-refractivity contribution is -0.136. The molecule has 0 radical (unpaired) electrons. The van der Waals surface area contributed by atoms with Gasteiger partial charge in [0, 0.05) is 19.1 Å². The predicted octanol–water partition coefficient (Wildman–Crippen LogP) is -0.341. The van der Waals surface area contributed by atoms with Crippen molar-refractivity contribution in [1.82, 2.24) is 16.0 Å². The Bertz CT molecular complexity index is 624. The Kier molecular flexibility index (Phi) is 8.15. The van der Waals surface area contributed by atoms with Gasteiger partial charge in [0.1, 0.15) is 18.8 Å². The van der Waals surface area contributed by atoms with Gasteiger partial charge in [-0.3, -0.25) is 19.2 Å². The molecule has 0 aromatic carbocycles. The highest BCUT2D eigenvalue weighted by molar-refractivity contribution is 5.94. The van der Waals surface area contributed by atoms with E-state index in [-0.39, 0.29) is 23.7 Å². The van der Waals surface area contributed by atoms with Gasteiger partial charge in [0.05, 0.1) is 6.04 Å². The zero-order valence-electron chi connectivity index (χ0n) is 17.5. The summed E-state index contributed by atoms with van der Waals surface area (Å²) in [5.41, 5.74) is -0.256. The smallest absolute Gasteiger partial charge is 0.249 e. The van der Waals surface area contributed by atoms with Gasteiger partial charge in [-0.15, -0.1) is 0 Å². The van der Waals surface area contributed by atoms with Crippen LogP contribution in [0.2, 0.25) is 0 Å². The molecule has 2 aliphatic heterocycles. The maximum absolute atomic E-state index is 13.0. The Morgan fingerprint density at radius 1 is 1.21 bits per heavy atom. The van der Waals surface area contributed by atoms with E-state index in [9.17, 15) is 24.3 Å². The number of hydrogen-bond acceptors (Lipinski definition) is 6. The van der Waals surface area contributed by atoms with Crippen LogP contribution in [0.15, 0.2) is 0 Å². The largest absolute Gasteiger partial charge is 0.389 e. The molecule has 0 aromatic rings. The lowest BCUT2D eigenvalue weighted by Gasteiger charge is -2.29. The summed E-state index contributed by atoms with van der Waals surface area (Å²) in [6.07, 6.45) is 1.90. The van der Waals surface area contributed by atoms with E-state index in [2.05, 4.69) is 16.0 Å². The SMILES string of the molecule is CC(C)(C)C[C@H](NC(=O)[C@H]1CCCO1)C(=O)N[C@@H](C[C@@H]1CCNC1=O)C(=O)CO. The van der Waals surface area contributed by atoms with Crippen LogP contribution in [0, 0.1) is 11.3 Å². The molecule has 4 atom stereocenters. The van der Waals surface area contributed by atoms with Gasteiger partial charge in [-0.1, -0.05) is 20.8 Å². The van der Waals surface area contributed by atoms with E-state index in [0.717, 1.165) is 6.42 Å². The third-order valence-corrected chi connectivity index (χ3v) is 5.22. The number of ketones is 1. The van der Waals surface area contributed by atoms with E-state index in [0.29, 0.717) is 32.4 Å². The molecule has 2 aliphatic rings. The van der Waals surface area contributed by atoms with Crippen molar-refractivity contribution in [1.29, 1.82) is 0 Å². The van der Waals surface area contributed by atoms with Gasteiger partial charge in [-0.25, -0.2) is 0 Å². The van der Waals surface area contributed by atoms with E-state index in [1.165, 1.54) is 0 Å². The molecular weight excluding hydrogens is 378 g/mol. The first kappa shape index (κ1) is 23.3. The first-order valence-electron chi connectivity index (χ1n) is 10.2. The van der Waals surface area contributed by atoms with Crippen LogP contribution in [0.25, 0.3) is 0 Å². The molecule has 2 saturated heterocycles. The van der Waals surface area contributed by atoms with E-state index in [1.807, 2.05) is 20.8 Å². The number of ether oxygens (including phenoxy) is 1. The van der Waals surface area contributed by atoms with Gasteiger partial charge in [0.15, 0.2) is 5.78 Å². The highest BCUT2D eigenvalue weighted by Gasteiger charge is 2.35. The zero-order chi connectivity index (χ0) is 21.6.